The third-order valence-electron chi connectivity index (χ3n) is 3.37. The molecule has 0 aliphatic carbocycles. The Kier molecular flexibility index (Phi) is 6.39. The van der Waals surface area contributed by atoms with Gasteiger partial charge in [-0.05, 0) is 41.8 Å². The van der Waals surface area contributed by atoms with Gasteiger partial charge in [-0.1, -0.05) is 13.8 Å². The van der Waals surface area contributed by atoms with E-state index in [-0.39, 0.29) is 17.2 Å². The van der Waals surface area contributed by atoms with E-state index in [2.05, 4.69) is 10.6 Å². The van der Waals surface area contributed by atoms with Crippen molar-refractivity contribution in [2.24, 2.45) is 5.41 Å². The molecule has 0 radical (unpaired) electrons. The van der Waals surface area contributed by atoms with E-state index in [1.807, 2.05) is 13.8 Å². The van der Waals surface area contributed by atoms with Crippen LogP contribution in [0.25, 0.3) is 12.2 Å². The van der Waals surface area contributed by atoms with Crippen molar-refractivity contribution in [3.63, 3.8) is 0 Å². The minimum atomic E-state index is -0.289. The van der Waals surface area contributed by atoms with Crippen LogP contribution in [0.15, 0.2) is 57.8 Å². The molecule has 0 aliphatic rings. The third kappa shape index (κ3) is 6.95. The van der Waals surface area contributed by atoms with Crippen molar-refractivity contribution >= 4 is 24.0 Å². The van der Waals surface area contributed by atoms with Gasteiger partial charge in [0.2, 0.25) is 11.8 Å². The van der Waals surface area contributed by atoms with Crippen LogP contribution in [0.4, 0.5) is 0 Å². The molecule has 0 unspecified atom stereocenters. The highest BCUT2D eigenvalue weighted by Crippen LogP contribution is 2.12. The Morgan fingerprint density at radius 1 is 0.920 bits per heavy atom. The molecule has 0 saturated heterocycles. The Morgan fingerprint density at radius 3 is 1.72 bits per heavy atom. The fourth-order valence-corrected chi connectivity index (χ4v) is 1.92. The summed E-state index contributed by atoms with van der Waals surface area (Å²) in [5.74, 6) is 0.803. The fraction of sp³-hybridized carbons (Fsp3) is 0.263. The number of hydrogen-bond donors (Lipinski definition) is 2. The molecule has 2 rings (SSSR count). The summed E-state index contributed by atoms with van der Waals surface area (Å²) in [6.07, 6.45) is 9.12. The van der Waals surface area contributed by atoms with E-state index in [0.717, 1.165) is 0 Å². The zero-order valence-corrected chi connectivity index (χ0v) is 14.3. The molecule has 25 heavy (non-hydrogen) atoms. The lowest BCUT2D eigenvalue weighted by Gasteiger charge is -2.24. The molecule has 2 aromatic rings. The highest BCUT2D eigenvalue weighted by Gasteiger charge is 2.19. The summed E-state index contributed by atoms with van der Waals surface area (Å²) < 4.78 is 10.2. The summed E-state index contributed by atoms with van der Waals surface area (Å²) in [7, 11) is 0. The van der Waals surface area contributed by atoms with Crippen molar-refractivity contribution in [3.8, 4) is 0 Å². The van der Waals surface area contributed by atoms with Crippen molar-refractivity contribution in [3.05, 3.63) is 60.5 Å². The van der Waals surface area contributed by atoms with Gasteiger partial charge in [-0.2, -0.15) is 0 Å². The number of amides is 2. The molecule has 2 N–H and O–H groups in total. The van der Waals surface area contributed by atoms with Crippen LogP contribution >= 0.6 is 0 Å². The molecule has 6 nitrogen and oxygen atoms in total. The monoisotopic (exact) mass is 342 g/mol. The van der Waals surface area contributed by atoms with Crippen molar-refractivity contribution in [2.75, 3.05) is 13.1 Å². The molecule has 0 fully saturated rings. The van der Waals surface area contributed by atoms with E-state index in [9.17, 15) is 9.59 Å². The normalized spacial score (nSPS) is 11.9. The van der Waals surface area contributed by atoms with Crippen LogP contribution in [0.1, 0.15) is 25.4 Å². The average molecular weight is 342 g/mol. The van der Waals surface area contributed by atoms with Gasteiger partial charge in [0.1, 0.15) is 11.5 Å². The van der Waals surface area contributed by atoms with Gasteiger partial charge in [0.05, 0.1) is 12.5 Å². The number of carbonyl (C=O) groups excluding carboxylic acids is 2. The van der Waals surface area contributed by atoms with Gasteiger partial charge in [0.15, 0.2) is 0 Å². The van der Waals surface area contributed by atoms with Gasteiger partial charge >= 0.3 is 0 Å². The Balaban J connectivity index is 1.71. The minimum absolute atomic E-state index is 0.214. The predicted molar refractivity (Wildman–Crippen MR) is 95.3 cm³/mol. The molecule has 2 heterocycles. The maximum atomic E-state index is 11.8. The Morgan fingerprint density at radius 2 is 1.36 bits per heavy atom. The lowest BCUT2D eigenvalue weighted by molar-refractivity contribution is -0.116. The second-order valence-electron chi connectivity index (χ2n) is 6.30. The van der Waals surface area contributed by atoms with Crippen LogP contribution in [-0.4, -0.2) is 24.9 Å². The standard InChI is InChI=1S/C19H22N2O4/c1-19(2,13-20-17(22)9-7-15-5-3-11-24-15)14-21-18(23)10-8-16-6-4-12-25-16/h3-12H,13-14H2,1-2H3,(H,20,22)(H,21,23)/b9-7+,10-8+. The number of hydrogen-bond acceptors (Lipinski definition) is 4. The molecule has 0 saturated carbocycles. The van der Waals surface area contributed by atoms with E-state index in [4.69, 9.17) is 8.83 Å². The van der Waals surface area contributed by atoms with Crippen molar-refractivity contribution in [1.82, 2.24) is 10.6 Å². The molecule has 2 amide bonds. The predicted octanol–water partition coefficient (Wildman–Crippen LogP) is 2.86. The first-order valence-electron chi connectivity index (χ1n) is 7.93. The lowest BCUT2D eigenvalue weighted by atomic mass is 9.93. The highest BCUT2D eigenvalue weighted by molar-refractivity contribution is 5.92. The maximum absolute atomic E-state index is 11.8. The summed E-state index contributed by atoms with van der Waals surface area (Å²) in [6.45, 7) is 4.77. The first-order valence-corrected chi connectivity index (χ1v) is 7.93. The molecule has 2 aromatic heterocycles. The second-order valence-corrected chi connectivity index (χ2v) is 6.30. The summed E-state index contributed by atoms with van der Waals surface area (Å²) in [4.78, 5) is 23.6. The van der Waals surface area contributed by atoms with Gasteiger partial charge in [-0.3, -0.25) is 9.59 Å². The lowest BCUT2D eigenvalue weighted by Crippen LogP contribution is -2.41. The molecular weight excluding hydrogens is 320 g/mol. The van der Waals surface area contributed by atoms with Gasteiger partial charge in [-0.25, -0.2) is 0 Å². The zero-order chi connectivity index (χ0) is 18.1. The van der Waals surface area contributed by atoms with E-state index in [0.29, 0.717) is 24.6 Å². The van der Waals surface area contributed by atoms with Crippen LogP contribution in [-0.2, 0) is 9.59 Å². The van der Waals surface area contributed by atoms with Gasteiger partial charge in [-0.15, -0.1) is 0 Å². The Hall–Kier alpha value is -3.02. The summed E-state index contributed by atoms with van der Waals surface area (Å²) in [6, 6.07) is 7.03. The molecule has 0 spiro atoms. The summed E-state index contributed by atoms with van der Waals surface area (Å²) in [5.41, 5.74) is -0.289. The van der Waals surface area contributed by atoms with E-state index >= 15 is 0 Å². The van der Waals surface area contributed by atoms with Crippen LogP contribution in [0, 0.1) is 5.41 Å². The summed E-state index contributed by atoms with van der Waals surface area (Å²) >= 11 is 0. The highest BCUT2D eigenvalue weighted by atomic mass is 16.3. The number of carbonyl (C=O) groups is 2. The van der Waals surface area contributed by atoms with Gasteiger partial charge < -0.3 is 19.5 Å². The van der Waals surface area contributed by atoms with Crippen LogP contribution < -0.4 is 10.6 Å². The molecule has 0 aliphatic heterocycles. The smallest absolute Gasteiger partial charge is 0.244 e. The third-order valence-corrected chi connectivity index (χ3v) is 3.37. The second kappa shape index (κ2) is 8.73. The molecule has 132 valence electrons. The number of nitrogens with one attached hydrogen (secondary N) is 2. The average Bonchev–Trinajstić information content (AvgIpc) is 3.28. The van der Waals surface area contributed by atoms with Crippen molar-refractivity contribution in [1.29, 1.82) is 0 Å². The molecule has 0 bridgehead atoms. The number of furan rings is 2. The van der Waals surface area contributed by atoms with Gasteiger partial charge in [0.25, 0.3) is 0 Å². The minimum Gasteiger partial charge on any atom is -0.465 e. The van der Waals surface area contributed by atoms with E-state index in [1.54, 1.807) is 48.9 Å². The summed E-state index contributed by atoms with van der Waals surface area (Å²) in [5, 5.41) is 5.62. The largest absolute Gasteiger partial charge is 0.465 e. The maximum Gasteiger partial charge on any atom is 0.244 e. The van der Waals surface area contributed by atoms with E-state index < -0.39 is 0 Å². The zero-order valence-electron chi connectivity index (χ0n) is 14.3. The number of rotatable bonds is 8. The van der Waals surface area contributed by atoms with E-state index in [1.165, 1.54) is 12.2 Å². The van der Waals surface area contributed by atoms with Crippen LogP contribution in [0.2, 0.25) is 0 Å². The fourth-order valence-electron chi connectivity index (χ4n) is 1.92. The van der Waals surface area contributed by atoms with Crippen molar-refractivity contribution in [2.45, 2.75) is 13.8 Å². The van der Waals surface area contributed by atoms with Crippen LogP contribution in [0.3, 0.4) is 0 Å². The Labute approximate surface area is 146 Å². The van der Waals surface area contributed by atoms with Gasteiger partial charge in [0, 0.05) is 25.2 Å². The molecule has 0 aromatic carbocycles. The first-order chi connectivity index (χ1) is 11.9. The molecule has 6 heteroatoms. The quantitative estimate of drug-likeness (QED) is 0.723. The van der Waals surface area contributed by atoms with Crippen LogP contribution in [0.5, 0.6) is 0 Å². The first kappa shape index (κ1) is 18.3. The molecule has 0 atom stereocenters. The SMILES string of the molecule is CC(C)(CNC(=O)/C=C/c1ccco1)CNC(=O)/C=C/c1ccco1. The molecular formula is C19H22N2O4. The Bertz CT molecular complexity index is 663. The topological polar surface area (TPSA) is 84.5 Å². The van der Waals surface area contributed by atoms with Crippen molar-refractivity contribution < 1.29 is 18.4 Å².